The maximum absolute atomic E-state index is 11.3. The second-order valence-corrected chi connectivity index (χ2v) is 4.65. The van der Waals surface area contributed by atoms with Crippen molar-refractivity contribution in [1.82, 2.24) is 5.32 Å². The standard InChI is InChI=1S/C15H21NO3.C2H6/c1-12(2)19-15(18)14(17)16-11-7-6-10-13-8-4-3-5-9-13;1-2/h3-5,8-9,12H,6-7,10-11H2,1-2H3,(H,16,17);1-2H3. The van der Waals surface area contributed by atoms with Gasteiger partial charge in [-0.1, -0.05) is 44.2 Å². The lowest BCUT2D eigenvalue weighted by atomic mass is 10.1. The van der Waals surface area contributed by atoms with Crippen molar-refractivity contribution in [2.45, 2.75) is 53.1 Å². The maximum Gasteiger partial charge on any atom is 0.397 e. The number of carbonyl (C=O) groups is 2. The van der Waals surface area contributed by atoms with Crippen LogP contribution in [-0.2, 0) is 20.7 Å². The average molecular weight is 293 g/mol. The largest absolute Gasteiger partial charge is 0.456 e. The average Bonchev–Trinajstić information content (AvgIpc) is 2.49. The van der Waals surface area contributed by atoms with E-state index < -0.39 is 11.9 Å². The zero-order valence-electron chi connectivity index (χ0n) is 13.5. The van der Waals surface area contributed by atoms with E-state index in [9.17, 15) is 9.59 Å². The topological polar surface area (TPSA) is 55.4 Å². The number of amides is 1. The minimum absolute atomic E-state index is 0.267. The molecule has 1 aromatic rings. The number of ether oxygens (including phenoxy) is 1. The first kappa shape index (κ1) is 19.2. The van der Waals surface area contributed by atoms with Crippen LogP contribution in [0.3, 0.4) is 0 Å². The molecule has 1 amide bonds. The van der Waals surface area contributed by atoms with Gasteiger partial charge in [-0.15, -0.1) is 0 Å². The summed E-state index contributed by atoms with van der Waals surface area (Å²) in [6.45, 7) is 7.93. The van der Waals surface area contributed by atoms with Crippen LogP contribution in [0.25, 0.3) is 0 Å². The Balaban J connectivity index is 0.00000191. The van der Waals surface area contributed by atoms with E-state index in [1.54, 1.807) is 13.8 Å². The van der Waals surface area contributed by atoms with Gasteiger partial charge in [0.2, 0.25) is 0 Å². The third-order valence-electron chi connectivity index (χ3n) is 2.55. The highest BCUT2D eigenvalue weighted by Crippen LogP contribution is 2.03. The van der Waals surface area contributed by atoms with E-state index in [0.29, 0.717) is 6.54 Å². The number of nitrogens with one attached hydrogen (secondary N) is 1. The fourth-order valence-electron chi connectivity index (χ4n) is 1.64. The van der Waals surface area contributed by atoms with E-state index in [4.69, 9.17) is 4.74 Å². The van der Waals surface area contributed by atoms with E-state index in [1.165, 1.54) is 5.56 Å². The van der Waals surface area contributed by atoms with Gasteiger partial charge >= 0.3 is 11.9 Å². The van der Waals surface area contributed by atoms with Gasteiger partial charge in [0.05, 0.1) is 6.10 Å². The van der Waals surface area contributed by atoms with Crippen LogP contribution in [0.5, 0.6) is 0 Å². The molecular formula is C17H27NO3. The van der Waals surface area contributed by atoms with Crippen molar-refractivity contribution in [1.29, 1.82) is 0 Å². The van der Waals surface area contributed by atoms with Crippen LogP contribution < -0.4 is 5.32 Å². The molecule has 1 aromatic carbocycles. The van der Waals surface area contributed by atoms with Crippen molar-refractivity contribution >= 4 is 11.9 Å². The minimum Gasteiger partial charge on any atom is -0.456 e. The Bertz CT molecular complexity index is 402. The molecule has 118 valence electrons. The molecule has 0 unspecified atom stereocenters. The third kappa shape index (κ3) is 9.66. The summed E-state index contributed by atoms with van der Waals surface area (Å²) in [4.78, 5) is 22.5. The van der Waals surface area contributed by atoms with E-state index >= 15 is 0 Å². The first-order valence-corrected chi connectivity index (χ1v) is 7.62. The van der Waals surface area contributed by atoms with Crippen molar-refractivity contribution in [3.63, 3.8) is 0 Å². The molecule has 0 saturated heterocycles. The number of aryl methyl sites for hydroxylation is 1. The Morgan fingerprint density at radius 3 is 2.29 bits per heavy atom. The molecule has 1 rings (SSSR count). The molecule has 0 aliphatic carbocycles. The lowest BCUT2D eigenvalue weighted by molar-refractivity contribution is -0.157. The highest BCUT2D eigenvalue weighted by Gasteiger charge is 2.15. The summed E-state index contributed by atoms with van der Waals surface area (Å²) >= 11 is 0. The summed E-state index contributed by atoms with van der Waals surface area (Å²) in [5.41, 5.74) is 1.29. The number of hydrogen-bond donors (Lipinski definition) is 1. The molecule has 4 nitrogen and oxygen atoms in total. The fraction of sp³-hybridized carbons (Fsp3) is 0.529. The van der Waals surface area contributed by atoms with Gasteiger partial charge in [0.25, 0.3) is 0 Å². The smallest absolute Gasteiger partial charge is 0.397 e. The quantitative estimate of drug-likeness (QED) is 0.498. The summed E-state index contributed by atoms with van der Waals surface area (Å²) in [5, 5.41) is 2.56. The molecule has 0 fully saturated rings. The van der Waals surface area contributed by atoms with Crippen LogP contribution in [-0.4, -0.2) is 24.5 Å². The molecule has 0 atom stereocenters. The molecule has 0 heterocycles. The number of benzene rings is 1. The maximum atomic E-state index is 11.3. The van der Waals surface area contributed by atoms with Crippen LogP contribution in [0.2, 0.25) is 0 Å². The zero-order chi connectivity index (χ0) is 16.1. The predicted molar refractivity (Wildman–Crippen MR) is 85.0 cm³/mol. The monoisotopic (exact) mass is 293 g/mol. The van der Waals surface area contributed by atoms with Gasteiger partial charge in [-0.25, -0.2) is 4.79 Å². The van der Waals surface area contributed by atoms with Gasteiger partial charge in [-0.2, -0.15) is 0 Å². The van der Waals surface area contributed by atoms with Crippen molar-refractivity contribution in [3.8, 4) is 0 Å². The SMILES string of the molecule is CC.CC(C)OC(=O)C(=O)NCCCCc1ccccc1. The van der Waals surface area contributed by atoms with E-state index in [2.05, 4.69) is 17.4 Å². The minimum atomic E-state index is -0.807. The Morgan fingerprint density at radius 1 is 1.10 bits per heavy atom. The Hall–Kier alpha value is -1.84. The molecule has 0 aliphatic heterocycles. The second-order valence-electron chi connectivity index (χ2n) is 4.65. The first-order valence-electron chi connectivity index (χ1n) is 7.62. The van der Waals surface area contributed by atoms with Crippen LogP contribution in [0, 0.1) is 0 Å². The molecule has 1 N–H and O–H groups in total. The predicted octanol–water partition coefficient (Wildman–Crippen LogP) is 3.10. The van der Waals surface area contributed by atoms with Gasteiger partial charge in [0.15, 0.2) is 0 Å². The molecule has 0 aromatic heterocycles. The summed E-state index contributed by atoms with van der Waals surface area (Å²) < 4.78 is 4.79. The Labute approximate surface area is 127 Å². The molecule has 0 aliphatic rings. The summed E-state index contributed by atoms with van der Waals surface area (Å²) in [7, 11) is 0. The van der Waals surface area contributed by atoms with Crippen molar-refractivity contribution in [3.05, 3.63) is 35.9 Å². The second kappa shape index (κ2) is 11.9. The van der Waals surface area contributed by atoms with Crippen molar-refractivity contribution < 1.29 is 14.3 Å². The molecular weight excluding hydrogens is 266 g/mol. The van der Waals surface area contributed by atoms with Crippen LogP contribution in [0.1, 0.15) is 46.1 Å². The van der Waals surface area contributed by atoms with Gasteiger partial charge in [0.1, 0.15) is 0 Å². The zero-order valence-corrected chi connectivity index (χ0v) is 13.5. The Kier molecular flexibility index (Phi) is 10.9. The van der Waals surface area contributed by atoms with Gasteiger partial charge in [0, 0.05) is 6.54 Å². The highest BCUT2D eigenvalue weighted by atomic mass is 16.5. The summed E-state index contributed by atoms with van der Waals surface area (Å²) in [6, 6.07) is 10.2. The number of hydrogen-bond acceptors (Lipinski definition) is 3. The summed E-state index contributed by atoms with van der Waals surface area (Å²) in [6.07, 6.45) is 2.53. The Morgan fingerprint density at radius 2 is 1.71 bits per heavy atom. The molecule has 21 heavy (non-hydrogen) atoms. The molecule has 0 bridgehead atoms. The van der Waals surface area contributed by atoms with Gasteiger partial charge in [-0.05, 0) is 38.7 Å². The number of carbonyl (C=O) groups excluding carboxylic acids is 2. The third-order valence-corrected chi connectivity index (χ3v) is 2.55. The first-order chi connectivity index (χ1) is 10.1. The lowest BCUT2D eigenvalue weighted by Crippen LogP contribution is -2.34. The molecule has 0 spiro atoms. The van der Waals surface area contributed by atoms with Crippen LogP contribution in [0.4, 0.5) is 0 Å². The lowest BCUT2D eigenvalue weighted by Gasteiger charge is -2.08. The van der Waals surface area contributed by atoms with Crippen LogP contribution >= 0.6 is 0 Å². The molecule has 0 radical (unpaired) electrons. The van der Waals surface area contributed by atoms with E-state index in [0.717, 1.165) is 19.3 Å². The molecule has 4 heteroatoms. The van der Waals surface area contributed by atoms with Crippen LogP contribution in [0.15, 0.2) is 30.3 Å². The van der Waals surface area contributed by atoms with E-state index in [1.807, 2.05) is 32.0 Å². The summed E-state index contributed by atoms with van der Waals surface area (Å²) in [5.74, 6) is -1.47. The van der Waals surface area contributed by atoms with Gasteiger partial charge in [-0.3, -0.25) is 4.79 Å². The fourth-order valence-corrected chi connectivity index (χ4v) is 1.64. The molecule has 0 saturated carbocycles. The van der Waals surface area contributed by atoms with Gasteiger partial charge < -0.3 is 10.1 Å². The number of esters is 1. The number of rotatable bonds is 6. The van der Waals surface area contributed by atoms with Crippen molar-refractivity contribution in [2.75, 3.05) is 6.54 Å². The van der Waals surface area contributed by atoms with Crippen molar-refractivity contribution in [2.24, 2.45) is 0 Å². The normalized spacial score (nSPS) is 9.57. The van der Waals surface area contributed by atoms with E-state index in [-0.39, 0.29) is 6.10 Å². The number of unbranched alkanes of at least 4 members (excludes halogenated alkanes) is 1. The highest BCUT2D eigenvalue weighted by molar-refractivity contribution is 6.32.